The van der Waals surface area contributed by atoms with E-state index < -0.39 is 0 Å². The van der Waals surface area contributed by atoms with Crippen molar-refractivity contribution >= 4 is 11.8 Å². The molecule has 2 saturated heterocycles. The molecule has 0 unspecified atom stereocenters. The van der Waals surface area contributed by atoms with Gasteiger partial charge < -0.3 is 20.2 Å². The highest BCUT2D eigenvalue weighted by Gasteiger charge is 2.34. The van der Waals surface area contributed by atoms with Gasteiger partial charge in [-0.3, -0.25) is 0 Å². The van der Waals surface area contributed by atoms with E-state index in [0.29, 0.717) is 0 Å². The van der Waals surface area contributed by atoms with Crippen LogP contribution in [0.15, 0.2) is 24.4 Å². The number of pyridine rings is 1. The Morgan fingerprint density at radius 3 is 2.56 bits per heavy atom. The number of nitrogens with one attached hydrogen (secondary N) is 1. The highest BCUT2D eigenvalue weighted by Crippen LogP contribution is 2.34. The van der Waals surface area contributed by atoms with Crippen molar-refractivity contribution in [2.45, 2.75) is 45.1 Å². The van der Waals surface area contributed by atoms with Crippen molar-refractivity contribution in [1.82, 2.24) is 15.2 Å². The first kappa shape index (κ1) is 18.0. The van der Waals surface area contributed by atoms with Gasteiger partial charge in [0.25, 0.3) is 0 Å². The van der Waals surface area contributed by atoms with Crippen molar-refractivity contribution < 1.29 is 9.90 Å². The Kier molecular flexibility index (Phi) is 5.78. The molecule has 1 aromatic heterocycles. The van der Waals surface area contributed by atoms with Gasteiger partial charge in [-0.1, -0.05) is 13.0 Å². The van der Waals surface area contributed by atoms with Crippen molar-refractivity contribution in [3.05, 3.63) is 24.4 Å². The topological polar surface area (TPSA) is 68.7 Å². The van der Waals surface area contributed by atoms with Crippen LogP contribution in [0, 0.1) is 5.41 Å². The van der Waals surface area contributed by atoms with Crippen LogP contribution in [0.5, 0.6) is 0 Å². The van der Waals surface area contributed by atoms with E-state index in [1.54, 1.807) is 0 Å². The van der Waals surface area contributed by atoms with Gasteiger partial charge >= 0.3 is 6.03 Å². The summed E-state index contributed by atoms with van der Waals surface area (Å²) in [5, 5.41) is 12.8. The SMILES string of the molecule is CCC1(CO)CCN(C(=O)NC2CCN(c3ccccn3)CC2)CC1. The fourth-order valence-electron chi connectivity index (χ4n) is 3.87. The summed E-state index contributed by atoms with van der Waals surface area (Å²) in [5.74, 6) is 1.02. The van der Waals surface area contributed by atoms with Gasteiger partial charge in [-0.25, -0.2) is 9.78 Å². The Morgan fingerprint density at radius 1 is 1.28 bits per heavy atom. The molecule has 2 aliphatic rings. The molecule has 3 heterocycles. The largest absolute Gasteiger partial charge is 0.396 e. The van der Waals surface area contributed by atoms with Crippen molar-refractivity contribution in [2.24, 2.45) is 5.41 Å². The highest BCUT2D eigenvalue weighted by atomic mass is 16.3. The lowest BCUT2D eigenvalue weighted by atomic mass is 9.77. The van der Waals surface area contributed by atoms with Crippen molar-refractivity contribution in [3.8, 4) is 0 Å². The van der Waals surface area contributed by atoms with Crippen molar-refractivity contribution in [1.29, 1.82) is 0 Å². The summed E-state index contributed by atoms with van der Waals surface area (Å²) in [7, 11) is 0. The number of amides is 2. The number of carbonyl (C=O) groups excluding carboxylic acids is 1. The van der Waals surface area contributed by atoms with E-state index in [-0.39, 0.29) is 24.1 Å². The summed E-state index contributed by atoms with van der Waals surface area (Å²) in [5.41, 5.74) is 0.0187. The lowest BCUT2D eigenvalue weighted by Crippen LogP contribution is -2.52. The number of rotatable bonds is 4. The van der Waals surface area contributed by atoms with Gasteiger partial charge in [0, 0.05) is 45.0 Å². The Balaban J connectivity index is 1.44. The number of nitrogens with zero attached hydrogens (tertiary/aromatic N) is 3. The van der Waals surface area contributed by atoms with E-state index in [0.717, 1.165) is 64.1 Å². The molecule has 2 amide bonds. The van der Waals surface area contributed by atoms with E-state index in [4.69, 9.17) is 0 Å². The molecule has 2 N–H and O–H groups in total. The van der Waals surface area contributed by atoms with Crippen molar-refractivity contribution in [2.75, 3.05) is 37.7 Å². The molecule has 0 saturated carbocycles. The molecule has 6 heteroatoms. The van der Waals surface area contributed by atoms with Crippen LogP contribution in [-0.4, -0.2) is 59.8 Å². The quantitative estimate of drug-likeness (QED) is 0.877. The second-order valence-electron chi connectivity index (χ2n) is 7.40. The number of aliphatic hydroxyl groups excluding tert-OH is 1. The molecule has 6 nitrogen and oxygen atoms in total. The van der Waals surface area contributed by atoms with Gasteiger partial charge in [0.15, 0.2) is 0 Å². The molecule has 0 aliphatic carbocycles. The van der Waals surface area contributed by atoms with Gasteiger partial charge in [0.1, 0.15) is 5.82 Å². The zero-order valence-corrected chi connectivity index (χ0v) is 15.2. The molecule has 25 heavy (non-hydrogen) atoms. The summed E-state index contributed by atoms with van der Waals surface area (Å²) in [4.78, 5) is 21.1. The summed E-state index contributed by atoms with van der Waals surface area (Å²) < 4.78 is 0. The Morgan fingerprint density at radius 2 is 2.00 bits per heavy atom. The zero-order valence-electron chi connectivity index (χ0n) is 15.2. The third kappa shape index (κ3) is 4.24. The van der Waals surface area contributed by atoms with Crippen LogP contribution < -0.4 is 10.2 Å². The highest BCUT2D eigenvalue weighted by molar-refractivity contribution is 5.74. The van der Waals surface area contributed by atoms with Gasteiger partial charge in [-0.2, -0.15) is 0 Å². The molecule has 2 fully saturated rings. The number of anilines is 1. The minimum atomic E-state index is 0.0187. The molecule has 0 aromatic carbocycles. The van der Waals surface area contributed by atoms with Crippen molar-refractivity contribution in [3.63, 3.8) is 0 Å². The monoisotopic (exact) mass is 346 g/mol. The molecule has 0 atom stereocenters. The molecular weight excluding hydrogens is 316 g/mol. The van der Waals surface area contributed by atoms with Crippen LogP contribution in [0.1, 0.15) is 39.0 Å². The first-order chi connectivity index (χ1) is 12.2. The fraction of sp³-hybridized carbons (Fsp3) is 0.684. The Labute approximate surface area is 150 Å². The first-order valence-corrected chi connectivity index (χ1v) is 9.48. The second kappa shape index (κ2) is 8.04. The van der Waals surface area contributed by atoms with E-state index in [9.17, 15) is 9.90 Å². The third-order valence-corrected chi connectivity index (χ3v) is 5.99. The minimum absolute atomic E-state index is 0.0187. The van der Waals surface area contributed by atoms with Crippen LogP contribution in [0.25, 0.3) is 0 Å². The second-order valence-corrected chi connectivity index (χ2v) is 7.40. The first-order valence-electron chi connectivity index (χ1n) is 9.48. The average Bonchev–Trinajstić information content (AvgIpc) is 2.69. The van der Waals surface area contributed by atoms with E-state index in [1.165, 1.54) is 0 Å². The predicted octanol–water partition coefficient (Wildman–Crippen LogP) is 2.24. The smallest absolute Gasteiger partial charge is 0.317 e. The minimum Gasteiger partial charge on any atom is -0.396 e. The maximum Gasteiger partial charge on any atom is 0.317 e. The summed E-state index contributed by atoms with van der Waals surface area (Å²) >= 11 is 0. The van der Waals surface area contributed by atoms with Gasteiger partial charge in [-0.15, -0.1) is 0 Å². The maximum absolute atomic E-state index is 12.5. The van der Waals surface area contributed by atoms with Crippen LogP contribution in [0.4, 0.5) is 10.6 Å². The molecule has 0 bridgehead atoms. The van der Waals surface area contributed by atoms with E-state index >= 15 is 0 Å². The maximum atomic E-state index is 12.5. The molecular formula is C19H30N4O2. The van der Waals surface area contributed by atoms with Crippen LogP contribution >= 0.6 is 0 Å². The molecule has 0 spiro atoms. The Bertz CT molecular complexity index is 544. The van der Waals surface area contributed by atoms with E-state index in [1.807, 2.05) is 29.3 Å². The third-order valence-electron chi connectivity index (χ3n) is 5.99. The summed E-state index contributed by atoms with van der Waals surface area (Å²) in [6.07, 6.45) is 6.49. The summed E-state index contributed by atoms with van der Waals surface area (Å²) in [6.45, 7) is 5.68. The predicted molar refractivity (Wildman–Crippen MR) is 98.6 cm³/mol. The fourth-order valence-corrected chi connectivity index (χ4v) is 3.87. The number of hydrogen-bond donors (Lipinski definition) is 2. The normalized spacial score (nSPS) is 21.2. The lowest BCUT2D eigenvalue weighted by Gasteiger charge is -2.41. The lowest BCUT2D eigenvalue weighted by molar-refractivity contribution is 0.0513. The Hall–Kier alpha value is -1.82. The van der Waals surface area contributed by atoms with Gasteiger partial charge in [-0.05, 0) is 49.7 Å². The molecule has 138 valence electrons. The average molecular weight is 346 g/mol. The number of urea groups is 1. The van der Waals surface area contributed by atoms with Crippen LogP contribution in [0.3, 0.4) is 0 Å². The molecule has 1 aromatic rings. The number of hydrogen-bond acceptors (Lipinski definition) is 4. The zero-order chi connectivity index (χ0) is 17.7. The summed E-state index contributed by atoms with van der Waals surface area (Å²) in [6, 6.07) is 6.27. The van der Waals surface area contributed by atoms with Crippen LogP contribution in [-0.2, 0) is 0 Å². The number of carbonyl (C=O) groups is 1. The van der Waals surface area contributed by atoms with Gasteiger partial charge in [0.05, 0.1) is 0 Å². The number of likely N-dealkylation sites (tertiary alicyclic amines) is 1. The van der Waals surface area contributed by atoms with Crippen LogP contribution in [0.2, 0.25) is 0 Å². The standard InChI is InChI=1S/C19H30N4O2/c1-2-19(15-24)8-13-23(14-9-19)18(25)21-16-6-11-22(12-7-16)17-5-3-4-10-20-17/h3-5,10,16,24H,2,6-9,11-15H2,1H3,(H,21,25). The molecule has 2 aliphatic heterocycles. The number of piperidine rings is 2. The molecule has 3 rings (SSSR count). The number of aliphatic hydroxyl groups is 1. The number of aromatic nitrogens is 1. The van der Waals surface area contributed by atoms with E-state index in [2.05, 4.69) is 22.1 Å². The molecule has 0 radical (unpaired) electrons. The van der Waals surface area contributed by atoms with Gasteiger partial charge in [0.2, 0.25) is 0 Å².